The van der Waals surface area contributed by atoms with Crippen molar-refractivity contribution >= 4 is 41.5 Å². The number of carbonyl (C=O) groups excluding carboxylic acids is 1. The fourth-order valence-electron chi connectivity index (χ4n) is 1.32. The molecule has 0 bridgehead atoms. The molecule has 1 aromatic rings. The molecule has 0 aromatic heterocycles. The van der Waals surface area contributed by atoms with Crippen LogP contribution in [-0.2, 0) is 4.79 Å². The molecule has 6 nitrogen and oxygen atoms in total. The molecule has 0 saturated carbocycles. The lowest BCUT2D eigenvalue weighted by Gasteiger charge is -2.18. The fraction of sp³-hybridized carbons (Fsp3) is 0.385. The van der Waals surface area contributed by atoms with Gasteiger partial charge in [0.1, 0.15) is 0 Å². The highest BCUT2D eigenvalue weighted by Gasteiger charge is 2.32. The molecule has 0 unspecified atom stereocenters. The Morgan fingerprint density at radius 1 is 1.26 bits per heavy atom. The lowest BCUT2D eigenvalue weighted by Crippen LogP contribution is -2.35. The number of carbonyl (C=O) groups is 1. The Kier molecular flexibility index (Phi) is 7.61. The number of hydrogen-bond acceptors (Lipinski definition) is 3. The Morgan fingerprint density at radius 3 is 2.35 bits per heavy atom. The van der Waals surface area contributed by atoms with Crippen molar-refractivity contribution in [2.45, 2.75) is 20.2 Å². The van der Waals surface area contributed by atoms with Crippen molar-refractivity contribution in [1.82, 2.24) is 0 Å². The SMILES string of the molecule is CC(C)(CN=C(N)Nc1ccccc1OC(F)(F)F)C(N)=O.I. The maximum Gasteiger partial charge on any atom is 0.573 e. The number of nitrogens with two attached hydrogens (primary N) is 2. The van der Waals surface area contributed by atoms with Gasteiger partial charge >= 0.3 is 6.36 Å². The molecule has 0 aliphatic carbocycles. The van der Waals surface area contributed by atoms with Gasteiger partial charge in [0.2, 0.25) is 5.91 Å². The second-order valence-electron chi connectivity index (χ2n) is 5.12. The van der Waals surface area contributed by atoms with Crippen molar-refractivity contribution in [3.63, 3.8) is 0 Å². The van der Waals surface area contributed by atoms with Crippen molar-refractivity contribution in [2.24, 2.45) is 21.9 Å². The van der Waals surface area contributed by atoms with E-state index in [-0.39, 0.29) is 42.2 Å². The highest BCUT2D eigenvalue weighted by Crippen LogP contribution is 2.29. The molecule has 0 spiro atoms. The molecular weight excluding hydrogens is 428 g/mol. The van der Waals surface area contributed by atoms with Gasteiger partial charge in [0.15, 0.2) is 11.7 Å². The van der Waals surface area contributed by atoms with E-state index >= 15 is 0 Å². The van der Waals surface area contributed by atoms with Crippen molar-refractivity contribution in [1.29, 1.82) is 0 Å². The van der Waals surface area contributed by atoms with Gasteiger partial charge in [-0.1, -0.05) is 12.1 Å². The molecule has 130 valence electrons. The zero-order valence-corrected chi connectivity index (χ0v) is 14.8. The third kappa shape index (κ3) is 7.39. The van der Waals surface area contributed by atoms with E-state index in [1.54, 1.807) is 13.8 Å². The van der Waals surface area contributed by atoms with Gasteiger partial charge in [-0.2, -0.15) is 0 Å². The first-order valence-electron chi connectivity index (χ1n) is 6.23. The molecule has 0 saturated heterocycles. The molecule has 0 radical (unpaired) electrons. The number of aliphatic imine (C=N–C) groups is 1. The van der Waals surface area contributed by atoms with E-state index in [2.05, 4.69) is 15.0 Å². The molecule has 23 heavy (non-hydrogen) atoms. The van der Waals surface area contributed by atoms with Crippen LogP contribution in [0.4, 0.5) is 18.9 Å². The number of primary amides is 1. The average Bonchev–Trinajstić information content (AvgIpc) is 2.37. The Hall–Kier alpha value is -1.72. The van der Waals surface area contributed by atoms with E-state index < -0.39 is 23.4 Å². The lowest BCUT2D eigenvalue weighted by atomic mass is 9.93. The van der Waals surface area contributed by atoms with Gasteiger partial charge < -0.3 is 21.5 Å². The molecule has 0 fully saturated rings. The number of nitrogens with one attached hydrogen (secondary N) is 1. The van der Waals surface area contributed by atoms with Crippen LogP contribution in [0.1, 0.15) is 13.8 Å². The summed E-state index contributed by atoms with van der Waals surface area (Å²) in [6, 6.07) is 5.38. The number of alkyl halides is 3. The molecule has 1 amide bonds. The fourth-order valence-corrected chi connectivity index (χ4v) is 1.32. The number of hydrogen-bond donors (Lipinski definition) is 3. The highest BCUT2D eigenvalue weighted by atomic mass is 127. The molecule has 1 rings (SSSR count). The van der Waals surface area contributed by atoms with Crippen LogP contribution in [0.5, 0.6) is 5.75 Å². The molecule has 0 aliphatic heterocycles. The predicted octanol–water partition coefficient (Wildman–Crippen LogP) is 2.44. The number of halogens is 4. The monoisotopic (exact) mass is 446 g/mol. The largest absolute Gasteiger partial charge is 0.573 e. The normalized spacial score (nSPS) is 12.3. The Morgan fingerprint density at radius 2 is 1.83 bits per heavy atom. The van der Waals surface area contributed by atoms with Crippen LogP contribution in [0.2, 0.25) is 0 Å². The van der Waals surface area contributed by atoms with E-state index in [0.29, 0.717) is 0 Å². The summed E-state index contributed by atoms with van der Waals surface area (Å²) >= 11 is 0. The van der Waals surface area contributed by atoms with Gasteiger partial charge in [-0.05, 0) is 26.0 Å². The summed E-state index contributed by atoms with van der Waals surface area (Å²) < 4.78 is 40.7. The van der Waals surface area contributed by atoms with Gasteiger partial charge in [-0.25, -0.2) is 0 Å². The van der Waals surface area contributed by atoms with Crippen LogP contribution in [0.3, 0.4) is 0 Å². The van der Waals surface area contributed by atoms with Crippen LogP contribution in [0.25, 0.3) is 0 Å². The Balaban J connectivity index is 0.00000484. The van der Waals surface area contributed by atoms with E-state index in [9.17, 15) is 18.0 Å². The summed E-state index contributed by atoms with van der Waals surface area (Å²) in [5, 5.41) is 2.50. The molecule has 1 aromatic carbocycles. The number of anilines is 1. The van der Waals surface area contributed by atoms with Crippen molar-refractivity contribution in [3.8, 4) is 5.75 Å². The van der Waals surface area contributed by atoms with Crippen LogP contribution in [-0.4, -0.2) is 24.8 Å². The maximum atomic E-state index is 12.3. The molecular formula is C13H18F3IN4O2. The highest BCUT2D eigenvalue weighted by molar-refractivity contribution is 14.0. The van der Waals surface area contributed by atoms with Gasteiger partial charge in [-0.3, -0.25) is 9.79 Å². The predicted molar refractivity (Wildman–Crippen MR) is 91.6 cm³/mol. The number of ether oxygens (including phenoxy) is 1. The van der Waals surface area contributed by atoms with Crippen LogP contribution >= 0.6 is 24.0 Å². The first kappa shape index (κ1) is 21.3. The summed E-state index contributed by atoms with van der Waals surface area (Å²) in [5.41, 5.74) is 9.86. The number of nitrogens with zero attached hydrogens (tertiary/aromatic N) is 1. The minimum Gasteiger partial charge on any atom is -0.404 e. The molecule has 0 aliphatic rings. The van der Waals surface area contributed by atoms with E-state index in [1.807, 2.05) is 0 Å². The van der Waals surface area contributed by atoms with Crippen molar-refractivity contribution in [3.05, 3.63) is 24.3 Å². The Labute approximate surface area is 148 Å². The summed E-state index contributed by atoms with van der Waals surface area (Å²) in [4.78, 5) is 15.0. The number of benzene rings is 1. The first-order valence-corrected chi connectivity index (χ1v) is 6.23. The minimum absolute atomic E-state index is 0. The van der Waals surface area contributed by atoms with Crippen LogP contribution < -0.4 is 21.5 Å². The van der Waals surface area contributed by atoms with E-state index in [1.165, 1.54) is 18.2 Å². The minimum atomic E-state index is -4.82. The van der Waals surface area contributed by atoms with E-state index in [4.69, 9.17) is 11.5 Å². The number of para-hydroxylation sites is 2. The quantitative estimate of drug-likeness (QED) is 0.367. The summed E-state index contributed by atoms with van der Waals surface area (Å²) in [6.45, 7) is 3.14. The third-order valence-electron chi connectivity index (χ3n) is 2.69. The van der Waals surface area contributed by atoms with Gasteiger partial charge in [0, 0.05) is 0 Å². The average molecular weight is 446 g/mol. The number of amides is 1. The standard InChI is InChI=1S/C13H17F3N4O2.HI/c1-12(2,10(17)21)7-19-11(18)20-8-5-3-4-6-9(8)22-13(14,15)16;/h3-6H,7H2,1-2H3,(H2,17,21)(H3,18,19,20);1H. The van der Waals surface area contributed by atoms with Crippen molar-refractivity contribution < 1.29 is 22.7 Å². The maximum absolute atomic E-state index is 12.3. The molecule has 5 N–H and O–H groups in total. The zero-order chi connectivity index (χ0) is 17.0. The van der Waals surface area contributed by atoms with Crippen LogP contribution in [0, 0.1) is 5.41 Å². The second-order valence-corrected chi connectivity index (χ2v) is 5.12. The third-order valence-corrected chi connectivity index (χ3v) is 2.69. The van der Waals surface area contributed by atoms with E-state index in [0.717, 1.165) is 6.07 Å². The summed E-state index contributed by atoms with van der Waals surface area (Å²) in [6.07, 6.45) is -4.82. The first-order chi connectivity index (χ1) is 10.0. The number of rotatable bonds is 5. The number of guanidine groups is 1. The Bertz CT molecular complexity index is 577. The van der Waals surface area contributed by atoms with Gasteiger partial charge in [0.05, 0.1) is 17.6 Å². The topological polar surface area (TPSA) is 103 Å². The van der Waals surface area contributed by atoms with Gasteiger partial charge in [0.25, 0.3) is 0 Å². The zero-order valence-electron chi connectivity index (χ0n) is 12.5. The van der Waals surface area contributed by atoms with Crippen molar-refractivity contribution in [2.75, 3.05) is 11.9 Å². The molecule has 0 atom stereocenters. The molecule has 10 heteroatoms. The lowest BCUT2D eigenvalue weighted by molar-refractivity contribution is -0.274. The smallest absolute Gasteiger partial charge is 0.404 e. The summed E-state index contributed by atoms with van der Waals surface area (Å²) in [7, 11) is 0. The summed E-state index contributed by atoms with van der Waals surface area (Å²) in [5.74, 6) is -1.17. The van der Waals surface area contributed by atoms with Gasteiger partial charge in [-0.15, -0.1) is 37.1 Å². The molecule has 0 heterocycles. The second kappa shape index (κ2) is 8.22. The van der Waals surface area contributed by atoms with Crippen LogP contribution in [0.15, 0.2) is 29.3 Å².